The van der Waals surface area contributed by atoms with E-state index in [1.54, 1.807) is 12.1 Å². The molecule has 130 valence electrons. The third-order valence-corrected chi connectivity index (χ3v) is 5.03. The molecule has 0 heterocycles. The lowest BCUT2D eigenvalue weighted by atomic mass is 10.0. The third-order valence-electron chi connectivity index (χ3n) is 3.46. The molecule has 0 aliphatic rings. The molecule has 0 amide bonds. The molecule has 0 saturated carbocycles. The minimum Gasteiger partial charge on any atom is -0.495 e. The van der Waals surface area contributed by atoms with Crippen LogP contribution in [-0.2, 0) is 10.1 Å². The van der Waals surface area contributed by atoms with Gasteiger partial charge >= 0.3 is 10.1 Å². The molecule has 7 heteroatoms. The lowest BCUT2D eigenvalue weighted by molar-refractivity contribution is 0.388. The molecule has 5 nitrogen and oxygen atoms in total. The lowest BCUT2D eigenvalue weighted by Gasteiger charge is -2.13. The summed E-state index contributed by atoms with van der Waals surface area (Å²) in [4.78, 5) is -0.154. The molecule has 0 aliphatic carbocycles. The Balaban J connectivity index is 2.39. The van der Waals surface area contributed by atoms with Gasteiger partial charge in [0.1, 0.15) is 17.2 Å². The van der Waals surface area contributed by atoms with E-state index in [2.05, 4.69) is 13.8 Å². The summed E-state index contributed by atoms with van der Waals surface area (Å²) in [7, 11) is -1.35. The number of methoxy groups -OCH3 is 2. The van der Waals surface area contributed by atoms with Crippen molar-refractivity contribution in [1.29, 1.82) is 0 Å². The first-order valence-corrected chi connectivity index (χ1v) is 9.03. The van der Waals surface area contributed by atoms with Crippen LogP contribution < -0.4 is 13.7 Å². The van der Waals surface area contributed by atoms with E-state index >= 15 is 0 Å². The summed E-state index contributed by atoms with van der Waals surface area (Å²) < 4.78 is 40.5. The van der Waals surface area contributed by atoms with Crippen molar-refractivity contribution in [2.24, 2.45) is 0 Å². The highest BCUT2D eigenvalue weighted by molar-refractivity contribution is 7.87. The standard InChI is InChI=1S/C17H19ClO5S/c1-11(2)12-5-7-13(8-6-12)23-24(19,20)17-10-15(21-3)14(18)9-16(17)22-4/h5-11H,1-4H3. The maximum atomic E-state index is 12.6. The Morgan fingerprint density at radius 3 is 2.04 bits per heavy atom. The second kappa shape index (κ2) is 7.32. The van der Waals surface area contributed by atoms with Gasteiger partial charge in [0.2, 0.25) is 0 Å². The molecule has 2 aromatic carbocycles. The molecular weight excluding hydrogens is 352 g/mol. The van der Waals surface area contributed by atoms with E-state index in [1.807, 2.05) is 12.1 Å². The molecular formula is C17H19ClO5S. The molecule has 0 radical (unpaired) electrons. The predicted molar refractivity (Wildman–Crippen MR) is 92.9 cm³/mol. The number of hydrogen-bond donors (Lipinski definition) is 0. The van der Waals surface area contributed by atoms with Gasteiger partial charge in [-0.05, 0) is 23.6 Å². The topological polar surface area (TPSA) is 61.8 Å². The van der Waals surface area contributed by atoms with Crippen LogP contribution in [-0.4, -0.2) is 22.6 Å². The van der Waals surface area contributed by atoms with Crippen molar-refractivity contribution in [2.75, 3.05) is 14.2 Å². The molecule has 2 aromatic rings. The highest BCUT2D eigenvalue weighted by atomic mass is 35.5. The maximum absolute atomic E-state index is 12.6. The normalized spacial score (nSPS) is 11.4. The lowest BCUT2D eigenvalue weighted by Crippen LogP contribution is -2.11. The second-order valence-electron chi connectivity index (χ2n) is 5.40. The van der Waals surface area contributed by atoms with Gasteiger partial charge in [-0.2, -0.15) is 8.42 Å². The fourth-order valence-electron chi connectivity index (χ4n) is 2.11. The van der Waals surface area contributed by atoms with Gasteiger partial charge in [-0.1, -0.05) is 37.6 Å². The SMILES string of the molecule is COc1cc(S(=O)(=O)Oc2ccc(C(C)C)cc2)c(OC)cc1Cl. The van der Waals surface area contributed by atoms with Crippen molar-refractivity contribution in [3.05, 3.63) is 47.0 Å². The zero-order chi connectivity index (χ0) is 17.9. The van der Waals surface area contributed by atoms with Crippen LogP contribution in [0.5, 0.6) is 17.2 Å². The molecule has 0 aromatic heterocycles. The van der Waals surface area contributed by atoms with E-state index in [4.69, 9.17) is 25.3 Å². The van der Waals surface area contributed by atoms with Crippen LogP contribution in [0.3, 0.4) is 0 Å². The summed E-state index contributed by atoms with van der Waals surface area (Å²) in [6, 6.07) is 9.54. The molecule has 0 atom stereocenters. The van der Waals surface area contributed by atoms with Crippen molar-refractivity contribution in [3.63, 3.8) is 0 Å². The Labute approximate surface area is 147 Å². The Hall–Kier alpha value is -1.92. The number of halogens is 1. The Kier molecular flexibility index (Phi) is 5.62. The monoisotopic (exact) mass is 370 g/mol. The Bertz CT molecular complexity index is 814. The predicted octanol–water partition coefficient (Wildman–Crippen LogP) is 4.25. The van der Waals surface area contributed by atoms with Crippen LogP contribution in [0.25, 0.3) is 0 Å². The van der Waals surface area contributed by atoms with E-state index < -0.39 is 10.1 Å². The molecule has 0 aliphatic heterocycles. The summed E-state index contributed by atoms with van der Waals surface area (Å²) in [5, 5.41) is 0.245. The first-order valence-electron chi connectivity index (χ1n) is 7.24. The van der Waals surface area contributed by atoms with E-state index in [0.717, 1.165) is 5.56 Å². The van der Waals surface area contributed by atoms with Crippen LogP contribution in [0.4, 0.5) is 0 Å². The number of benzene rings is 2. The highest BCUT2D eigenvalue weighted by Gasteiger charge is 2.24. The van der Waals surface area contributed by atoms with Crippen molar-refractivity contribution in [1.82, 2.24) is 0 Å². The van der Waals surface area contributed by atoms with E-state index in [1.165, 1.54) is 26.4 Å². The first kappa shape index (κ1) is 18.4. The number of ether oxygens (including phenoxy) is 2. The van der Waals surface area contributed by atoms with Crippen molar-refractivity contribution in [2.45, 2.75) is 24.7 Å². The molecule has 0 spiro atoms. The quantitative estimate of drug-likeness (QED) is 0.711. The average molecular weight is 371 g/mol. The van der Waals surface area contributed by atoms with Gasteiger partial charge in [-0.3, -0.25) is 0 Å². The molecule has 24 heavy (non-hydrogen) atoms. The molecule has 0 fully saturated rings. The zero-order valence-electron chi connectivity index (χ0n) is 13.9. The third kappa shape index (κ3) is 3.94. The fraction of sp³-hybridized carbons (Fsp3) is 0.294. The summed E-state index contributed by atoms with van der Waals surface area (Å²) in [6.07, 6.45) is 0. The minimum atomic E-state index is -4.10. The van der Waals surface area contributed by atoms with E-state index in [-0.39, 0.29) is 27.2 Å². The Morgan fingerprint density at radius 2 is 1.54 bits per heavy atom. The number of hydrogen-bond acceptors (Lipinski definition) is 5. The average Bonchev–Trinajstić information content (AvgIpc) is 2.54. The first-order chi connectivity index (χ1) is 11.3. The maximum Gasteiger partial charge on any atom is 0.343 e. The van der Waals surface area contributed by atoms with Gasteiger partial charge in [0.05, 0.1) is 19.2 Å². The zero-order valence-corrected chi connectivity index (χ0v) is 15.4. The van der Waals surface area contributed by atoms with E-state index in [0.29, 0.717) is 5.92 Å². The molecule has 0 bridgehead atoms. The van der Waals surface area contributed by atoms with Crippen LogP contribution in [0.15, 0.2) is 41.3 Å². The summed E-state index contributed by atoms with van der Waals surface area (Å²) in [5.74, 6) is 0.862. The van der Waals surface area contributed by atoms with Gasteiger partial charge in [0, 0.05) is 12.1 Å². The summed E-state index contributed by atoms with van der Waals surface area (Å²) in [6.45, 7) is 4.11. The largest absolute Gasteiger partial charge is 0.495 e. The van der Waals surface area contributed by atoms with Gasteiger partial charge < -0.3 is 13.7 Å². The smallest absolute Gasteiger partial charge is 0.343 e. The molecule has 0 N–H and O–H groups in total. The Morgan fingerprint density at radius 1 is 0.958 bits per heavy atom. The number of rotatable bonds is 6. The molecule has 0 saturated heterocycles. The van der Waals surface area contributed by atoms with Gasteiger partial charge in [0.25, 0.3) is 0 Å². The van der Waals surface area contributed by atoms with Crippen molar-refractivity contribution < 1.29 is 22.1 Å². The van der Waals surface area contributed by atoms with Crippen LogP contribution in [0, 0.1) is 0 Å². The molecule has 0 unspecified atom stereocenters. The highest BCUT2D eigenvalue weighted by Crippen LogP contribution is 2.36. The summed E-state index contributed by atoms with van der Waals surface area (Å²) in [5.41, 5.74) is 1.09. The van der Waals surface area contributed by atoms with Gasteiger partial charge in [0.15, 0.2) is 4.90 Å². The summed E-state index contributed by atoms with van der Waals surface area (Å²) >= 11 is 6.00. The molecule has 2 rings (SSSR count). The van der Waals surface area contributed by atoms with Gasteiger partial charge in [-0.15, -0.1) is 0 Å². The fourth-order valence-corrected chi connectivity index (χ4v) is 3.43. The van der Waals surface area contributed by atoms with Crippen LogP contribution >= 0.6 is 11.6 Å². The second-order valence-corrected chi connectivity index (χ2v) is 7.32. The van der Waals surface area contributed by atoms with Gasteiger partial charge in [-0.25, -0.2) is 0 Å². The minimum absolute atomic E-state index is 0.0830. The van der Waals surface area contributed by atoms with Crippen LogP contribution in [0.2, 0.25) is 5.02 Å². The van der Waals surface area contributed by atoms with Crippen LogP contribution in [0.1, 0.15) is 25.3 Å². The van der Waals surface area contributed by atoms with E-state index in [9.17, 15) is 8.42 Å². The van der Waals surface area contributed by atoms with Crippen molar-refractivity contribution in [3.8, 4) is 17.2 Å². The van der Waals surface area contributed by atoms with Crippen molar-refractivity contribution >= 4 is 21.7 Å².